The Hall–Kier alpha value is -2.94. The number of hydrogen-bond acceptors (Lipinski definition) is 5. The largest absolute Gasteiger partial charge is 0.368 e. The molecule has 0 aliphatic heterocycles. The first-order valence-electron chi connectivity index (χ1n) is 13.0. The summed E-state index contributed by atoms with van der Waals surface area (Å²) in [6.07, 6.45) is 3.68. The van der Waals surface area contributed by atoms with Crippen LogP contribution in [-0.4, -0.2) is 48.8 Å². The van der Waals surface area contributed by atoms with E-state index in [1.165, 1.54) is 6.42 Å². The molecule has 7 N–H and O–H groups in total. The lowest BCUT2D eigenvalue weighted by Crippen LogP contribution is -2.51. The lowest BCUT2D eigenvalue weighted by molar-refractivity contribution is -0.131. The molecule has 0 radical (unpaired) electrons. The molecule has 0 aliphatic rings. The fourth-order valence-electron chi connectivity index (χ4n) is 3.45. The van der Waals surface area contributed by atoms with Crippen LogP contribution in [0.25, 0.3) is 0 Å². The minimum Gasteiger partial charge on any atom is -0.368 e. The minimum absolute atomic E-state index is 0.00331. The summed E-state index contributed by atoms with van der Waals surface area (Å²) in [6.45, 7) is 10.2. The molecule has 0 heterocycles. The third kappa shape index (κ3) is 15.1. The third-order valence-electron chi connectivity index (χ3n) is 5.27. The Morgan fingerprint density at radius 3 is 2.00 bits per heavy atom. The maximum atomic E-state index is 12.7. The molecule has 0 saturated heterocycles. The Balaban J connectivity index is 0.00000387. The average Bonchev–Trinajstić information content (AvgIpc) is 2.82. The molecule has 0 spiro atoms. The standard InChI is InChI=1S/C24H39N5O4.C3H8/c1-16(2)13-20(23(26)32)29-22(31)15-27-24(33)19(11-7-8-12-25)28-21(30)14-17(3)18-9-5-4-6-10-18;1-3-2/h4-6,9-10,16-17,19-20H,7-8,11-15,25H2,1-3H3,(H2,26,32)(H,27,33)(H,28,30)(H,29,31);3H2,1-2H3/t17-,19-,20-;/m0./s1. The van der Waals surface area contributed by atoms with Gasteiger partial charge in [0.15, 0.2) is 0 Å². The monoisotopic (exact) mass is 505 g/mol. The van der Waals surface area contributed by atoms with Gasteiger partial charge in [0.2, 0.25) is 23.6 Å². The van der Waals surface area contributed by atoms with E-state index in [0.717, 1.165) is 12.0 Å². The van der Waals surface area contributed by atoms with Crippen molar-refractivity contribution in [2.45, 2.75) is 91.1 Å². The molecule has 0 aromatic heterocycles. The number of nitrogens with two attached hydrogens (primary N) is 2. The Labute approximate surface area is 216 Å². The number of carbonyl (C=O) groups is 4. The van der Waals surface area contributed by atoms with Gasteiger partial charge in [-0.3, -0.25) is 19.2 Å². The maximum absolute atomic E-state index is 12.7. The molecule has 1 aromatic rings. The lowest BCUT2D eigenvalue weighted by atomic mass is 9.97. The molecule has 0 bridgehead atoms. The summed E-state index contributed by atoms with van der Waals surface area (Å²) >= 11 is 0. The van der Waals surface area contributed by atoms with Gasteiger partial charge in [-0.2, -0.15) is 0 Å². The number of rotatable bonds is 15. The van der Waals surface area contributed by atoms with Gasteiger partial charge in [0.1, 0.15) is 12.1 Å². The molecule has 1 aromatic carbocycles. The second-order valence-electron chi connectivity index (χ2n) is 9.50. The van der Waals surface area contributed by atoms with Crippen LogP contribution >= 0.6 is 0 Å². The van der Waals surface area contributed by atoms with Gasteiger partial charge in [-0.15, -0.1) is 0 Å². The highest BCUT2D eigenvalue weighted by Gasteiger charge is 2.23. The average molecular weight is 506 g/mol. The van der Waals surface area contributed by atoms with Crippen LogP contribution in [0.3, 0.4) is 0 Å². The van der Waals surface area contributed by atoms with Gasteiger partial charge >= 0.3 is 0 Å². The van der Waals surface area contributed by atoms with E-state index < -0.39 is 29.8 Å². The zero-order chi connectivity index (χ0) is 27.5. The van der Waals surface area contributed by atoms with Crippen LogP contribution in [0.15, 0.2) is 30.3 Å². The quantitative estimate of drug-likeness (QED) is 0.231. The number of carbonyl (C=O) groups excluding carboxylic acids is 4. The maximum Gasteiger partial charge on any atom is 0.243 e. The first kappa shape index (κ1) is 33.1. The summed E-state index contributed by atoms with van der Waals surface area (Å²) in [6, 6.07) is 8.10. The van der Waals surface area contributed by atoms with Crippen molar-refractivity contribution < 1.29 is 19.2 Å². The Morgan fingerprint density at radius 2 is 1.47 bits per heavy atom. The molecular formula is C27H47N5O4. The van der Waals surface area contributed by atoms with Crippen molar-refractivity contribution in [2.24, 2.45) is 17.4 Å². The molecule has 3 atom stereocenters. The van der Waals surface area contributed by atoms with E-state index in [1.807, 2.05) is 51.1 Å². The van der Waals surface area contributed by atoms with Crippen molar-refractivity contribution in [3.05, 3.63) is 35.9 Å². The molecule has 0 fully saturated rings. The van der Waals surface area contributed by atoms with Gasteiger partial charge in [0.25, 0.3) is 0 Å². The molecule has 0 aliphatic carbocycles. The van der Waals surface area contributed by atoms with Crippen molar-refractivity contribution in [3.63, 3.8) is 0 Å². The van der Waals surface area contributed by atoms with Crippen LogP contribution in [0.1, 0.15) is 84.6 Å². The minimum atomic E-state index is -0.797. The second-order valence-corrected chi connectivity index (χ2v) is 9.50. The predicted octanol–water partition coefficient (Wildman–Crippen LogP) is 2.34. The number of benzene rings is 1. The number of amides is 4. The Morgan fingerprint density at radius 1 is 0.889 bits per heavy atom. The van der Waals surface area contributed by atoms with Crippen LogP contribution < -0.4 is 27.4 Å². The van der Waals surface area contributed by atoms with Crippen molar-refractivity contribution in [2.75, 3.05) is 13.1 Å². The third-order valence-corrected chi connectivity index (χ3v) is 5.27. The summed E-state index contributed by atoms with van der Waals surface area (Å²) in [7, 11) is 0. The normalized spacial score (nSPS) is 13.0. The van der Waals surface area contributed by atoms with E-state index in [2.05, 4.69) is 29.8 Å². The van der Waals surface area contributed by atoms with Crippen molar-refractivity contribution in [3.8, 4) is 0 Å². The number of unbranched alkanes of at least 4 members (excludes halogenated alkanes) is 1. The summed E-state index contributed by atoms with van der Waals surface area (Å²) < 4.78 is 0. The fraction of sp³-hybridized carbons (Fsp3) is 0.630. The summed E-state index contributed by atoms with van der Waals surface area (Å²) in [5, 5.41) is 7.88. The van der Waals surface area contributed by atoms with Crippen molar-refractivity contribution in [1.29, 1.82) is 0 Å². The number of nitrogens with one attached hydrogen (secondary N) is 3. The zero-order valence-electron chi connectivity index (χ0n) is 22.6. The lowest BCUT2D eigenvalue weighted by Gasteiger charge is -2.21. The summed E-state index contributed by atoms with van der Waals surface area (Å²) in [5.74, 6) is -1.67. The van der Waals surface area contributed by atoms with Gasteiger partial charge in [-0.1, -0.05) is 71.4 Å². The van der Waals surface area contributed by atoms with Gasteiger partial charge < -0.3 is 27.4 Å². The van der Waals surface area contributed by atoms with Crippen LogP contribution in [-0.2, 0) is 19.2 Å². The van der Waals surface area contributed by atoms with E-state index in [0.29, 0.717) is 25.8 Å². The molecule has 4 amide bonds. The van der Waals surface area contributed by atoms with E-state index in [4.69, 9.17) is 11.5 Å². The van der Waals surface area contributed by atoms with Crippen LogP contribution in [0.2, 0.25) is 0 Å². The Kier molecular flexibility index (Phi) is 17.7. The van der Waals surface area contributed by atoms with Crippen LogP contribution in [0.5, 0.6) is 0 Å². The SMILES string of the molecule is CC(C)C[C@H](NC(=O)CNC(=O)[C@H](CCCCN)NC(=O)C[C@H](C)c1ccccc1)C(N)=O.CCC. The van der Waals surface area contributed by atoms with E-state index >= 15 is 0 Å². The van der Waals surface area contributed by atoms with E-state index in [9.17, 15) is 19.2 Å². The fourth-order valence-corrected chi connectivity index (χ4v) is 3.45. The molecule has 1 rings (SSSR count). The van der Waals surface area contributed by atoms with E-state index in [-0.39, 0.29) is 30.7 Å². The summed E-state index contributed by atoms with van der Waals surface area (Å²) in [5.41, 5.74) is 11.9. The molecule has 9 heteroatoms. The first-order valence-corrected chi connectivity index (χ1v) is 13.0. The zero-order valence-corrected chi connectivity index (χ0v) is 22.6. The van der Waals surface area contributed by atoms with Gasteiger partial charge in [-0.05, 0) is 49.6 Å². The molecule has 0 saturated carbocycles. The van der Waals surface area contributed by atoms with E-state index in [1.54, 1.807) is 0 Å². The Bertz CT molecular complexity index is 786. The molecular weight excluding hydrogens is 458 g/mol. The topological polar surface area (TPSA) is 156 Å². The van der Waals surface area contributed by atoms with Gasteiger partial charge in [0.05, 0.1) is 6.54 Å². The van der Waals surface area contributed by atoms with Gasteiger partial charge in [0, 0.05) is 6.42 Å². The van der Waals surface area contributed by atoms with Crippen LogP contribution in [0, 0.1) is 5.92 Å². The van der Waals surface area contributed by atoms with Crippen LogP contribution in [0.4, 0.5) is 0 Å². The molecule has 9 nitrogen and oxygen atoms in total. The first-order chi connectivity index (χ1) is 17.0. The second kappa shape index (κ2) is 19.3. The van der Waals surface area contributed by atoms with Crippen molar-refractivity contribution in [1.82, 2.24) is 16.0 Å². The predicted molar refractivity (Wildman–Crippen MR) is 144 cm³/mol. The molecule has 36 heavy (non-hydrogen) atoms. The highest BCUT2D eigenvalue weighted by Crippen LogP contribution is 2.18. The smallest absolute Gasteiger partial charge is 0.243 e. The summed E-state index contributed by atoms with van der Waals surface area (Å²) in [4.78, 5) is 49.0. The molecule has 0 unspecified atom stereocenters. The highest BCUT2D eigenvalue weighted by atomic mass is 16.2. The number of hydrogen-bond donors (Lipinski definition) is 5. The highest BCUT2D eigenvalue weighted by molar-refractivity contribution is 5.92. The molecule has 204 valence electrons. The van der Waals surface area contributed by atoms with Gasteiger partial charge in [-0.25, -0.2) is 0 Å². The number of primary amides is 1. The van der Waals surface area contributed by atoms with Crippen molar-refractivity contribution >= 4 is 23.6 Å².